The van der Waals surface area contributed by atoms with E-state index in [1.165, 1.54) is 39.9 Å². The molecule has 0 bridgehead atoms. The maximum absolute atomic E-state index is 13.4. The summed E-state index contributed by atoms with van der Waals surface area (Å²) in [5.41, 5.74) is 1.23. The molecule has 1 aromatic heterocycles. The van der Waals surface area contributed by atoms with E-state index in [1.807, 2.05) is 13.8 Å². The van der Waals surface area contributed by atoms with E-state index >= 15 is 0 Å². The second-order valence-corrected chi connectivity index (χ2v) is 11.0. The number of sulfonamides is 1. The highest BCUT2D eigenvalue weighted by molar-refractivity contribution is 7.89. The van der Waals surface area contributed by atoms with Gasteiger partial charge in [-0.2, -0.15) is 4.31 Å². The molecule has 32 heavy (non-hydrogen) atoms. The lowest BCUT2D eigenvalue weighted by Crippen LogP contribution is -2.48. The van der Waals surface area contributed by atoms with Gasteiger partial charge in [-0.05, 0) is 56.3 Å². The van der Waals surface area contributed by atoms with Crippen LogP contribution in [0, 0.1) is 5.82 Å². The quantitative estimate of drug-likeness (QED) is 0.564. The van der Waals surface area contributed by atoms with Crippen molar-refractivity contribution in [3.63, 3.8) is 0 Å². The highest BCUT2D eigenvalue weighted by atomic mass is 32.2. The van der Waals surface area contributed by atoms with Crippen molar-refractivity contribution < 1.29 is 17.6 Å². The smallest absolute Gasteiger partial charge is 0.253 e. The molecule has 0 atom stereocenters. The van der Waals surface area contributed by atoms with Crippen LogP contribution in [-0.2, 0) is 10.0 Å². The fourth-order valence-electron chi connectivity index (χ4n) is 3.52. The zero-order chi connectivity index (χ0) is 23.0. The number of thiazole rings is 1. The number of rotatable bonds is 5. The number of carbonyl (C=O) groups is 1. The Kier molecular flexibility index (Phi) is 6.19. The van der Waals surface area contributed by atoms with Crippen LogP contribution in [0.4, 0.5) is 9.52 Å². The lowest BCUT2D eigenvalue weighted by Gasteiger charge is -2.34. The van der Waals surface area contributed by atoms with Crippen molar-refractivity contribution in [1.82, 2.24) is 14.2 Å². The van der Waals surface area contributed by atoms with Crippen LogP contribution in [0.5, 0.6) is 0 Å². The number of amides is 1. The number of fused-ring (bicyclic) bond motifs is 1. The van der Waals surface area contributed by atoms with Crippen LogP contribution in [0.25, 0.3) is 10.2 Å². The molecule has 0 aliphatic carbocycles. The molecule has 1 fully saturated rings. The van der Waals surface area contributed by atoms with Crippen molar-refractivity contribution in [3.8, 4) is 0 Å². The molecule has 0 N–H and O–H groups in total. The molecule has 2 heterocycles. The molecule has 10 heteroatoms. The SMILES string of the molecule is CC(C)N(C)S(=O)(=O)c1ccc(C(=O)N2CCN(c3nc4ccc(F)cc4s3)CC2)cc1. The zero-order valence-corrected chi connectivity index (χ0v) is 19.8. The average Bonchev–Trinajstić information content (AvgIpc) is 3.21. The van der Waals surface area contributed by atoms with Gasteiger partial charge >= 0.3 is 0 Å². The third kappa shape index (κ3) is 4.35. The number of hydrogen-bond donors (Lipinski definition) is 0. The lowest BCUT2D eigenvalue weighted by molar-refractivity contribution is 0.0746. The first-order valence-electron chi connectivity index (χ1n) is 10.4. The van der Waals surface area contributed by atoms with E-state index in [0.29, 0.717) is 31.7 Å². The number of carbonyl (C=O) groups excluding carboxylic acids is 1. The number of hydrogen-bond acceptors (Lipinski definition) is 6. The van der Waals surface area contributed by atoms with E-state index in [1.54, 1.807) is 30.1 Å². The summed E-state index contributed by atoms with van der Waals surface area (Å²) in [6.07, 6.45) is 0. The third-order valence-electron chi connectivity index (χ3n) is 5.68. The van der Waals surface area contributed by atoms with Gasteiger partial charge < -0.3 is 9.80 Å². The van der Waals surface area contributed by atoms with Gasteiger partial charge in [0.1, 0.15) is 5.82 Å². The number of benzene rings is 2. The summed E-state index contributed by atoms with van der Waals surface area (Å²) in [6, 6.07) is 10.5. The van der Waals surface area contributed by atoms with Gasteiger partial charge in [0.15, 0.2) is 5.13 Å². The van der Waals surface area contributed by atoms with E-state index in [4.69, 9.17) is 0 Å². The molecule has 7 nitrogen and oxygen atoms in total. The predicted octanol–water partition coefficient (Wildman–Crippen LogP) is 3.43. The standard InChI is InChI=1S/C22H25FN4O3S2/c1-15(2)25(3)32(29,30)18-7-4-16(5-8-18)21(28)26-10-12-27(13-11-26)22-24-19-9-6-17(23)14-20(19)31-22/h4-9,14-15H,10-13H2,1-3H3. The summed E-state index contributed by atoms with van der Waals surface area (Å²) < 4.78 is 40.8. The molecule has 0 saturated carbocycles. The summed E-state index contributed by atoms with van der Waals surface area (Å²) in [5, 5.41) is 0.821. The van der Waals surface area contributed by atoms with Crippen molar-refractivity contribution in [2.75, 3.05) is 38.1 Å². The van der Waals surface area contributed by atoms with E-state index < -0.39 is 10.0 Å². The Labute approximate surface area is 191 Å². The Bertz CT molecular complexity index is 1230. The minimum Gasteiger partial charge on any atom is -0.345 e. The first-order valence-corrected chi connectivity index (χ1v) is 12.6. The van der Waals surface area contributed by atoms with Gasteiger partial charge in [0, 0.05) is 44.8 Å². The minimum atomic E-state index is -3.58. The Morgan fingerprint density at radius 1 is 1.09 bits per heavy atom. The number of nitrogens with zero attached hydrogens (tertiary/aromatic N) is 4. The van der Waals surface area contributed by atoms with Gasteiger partial charge in [-0.15, -0.1) is 0 Å². The van der Waals surface area contributed by atoms with Crippen molar-refractivity contribution in [1.29, 1.82) is 0 Å². The number of halogens is 1. The summed E-state index contributed by atoms with van der Waals surface area (Å²) in [5.74, 6) is -0.407. The van der Waals surface area contributed by atoms with Crippen molar-refractivity contribution in [3.05, 3.63) is 53.8 Å². The van der Waals surface area contributed by atoms with Crippen LogP contribution in [0.15, 0.2) is 47.4 Å². The topological polar surface area (TPSA) is 73.8 Å². The van der Waals surface area contributed by atoms with Crippen LogP contribution in [0.2, 0.25) is 0 Å². The van der Waals surface area contributed by atoms with Gasteiger partial charge in [-0.3, -0.25) is 4.79 Å². The average molecular weight is 477 g/mol. The molecule has 170 valence electrons. The lowest BCUT2D eigenvalue weighted by atomic mass is 10.2. The number of piperazine rings is 1. The maximum atomic E-state index is 13.4. The van der Waals surface area contributed by atoms with E-state index in [-0.39, 0.29) is 22.7 Å². The van der Waals surface area contributed by atoms with Crippen molar-refractivity contribution in [2.45, 2.75) is 24.8 Å². The molecule has 0 radical (unpaired) electrons. The summed E-state index contributed by atoms with van der Waals surface area (Å²) in [6.45, 7) is 5.92. The minimum absolute atomic E-state index is 0.128. The van der Waals surface area contributed by atoms with E-state index in [9.17, 15) is 17.6 Å². The largest absolute Gasteiger partial charge is 0.345 e. The molecule has 1 amide bonds. The number of anilines is 1. The van der Waals surface area contributed by atoms with Gasteiger partial charge in [0.25, 0.3) is 5.91 Å². The molecule has 3 aromatic rings. The molecule has 1 saturated heterocycles. The van der Waals surface area contributed by atoms with Crippen LogP contribution in [0.3, 0.4) is 0 Å². The molecule has 1 aliphatic rings. The van der Waals surface area contributed by atoms with Crippen LogP contribution < -0.4 is 4.90 Å². The molecule has 2 aromatic carbocycles. The monoisotopic (exact) mass is 476 g/mol. The van der Waals surface area contributed by atoms with Crippen LogP contribution in [-0.4, -0.2) is 67.8 Å². The molecule has 4 rings (SSSR count). The highest BCUT2D eigenvalue weighted by Gasteiger charge is 2.26. The Morgan fingerprint density at radius 3 is 2.38 bits per heavy atom. The van der Waals surface area contributed by atoms with E-state index in [2.05, 4.69) is 9.88 Å². The summed E-state index contributed by atoms with van der Waals surface area (Å²) >= 11 is 1.44. The third-order valence-corrected chi connectivity index (χ3v) is 8.81. The van der Waals surface area contributed by atoms with Crippen molar-refractivity contribution in [2.24, 2.45) is 0 Å². The molecule has 0 spiro atoms. The Morgan fingerprint density at radius 2 is 1.75 bits per heavy atom. The van der Waals surface area contributed by atoms with Gasteiger partial charge in [-0.25, -0.2) is 17.8 Å². The Balaban J connectivity index is 1.42. The zero-order valence-electron chi connectivity index (χ0n) is 18.2. The summed E-state index contributed by atoms with van der Waals surface area (Å²) in [4.78, 5) is 21.5. The van der Waals surface area contributed by atoms with Crippen LogP contribution >= 0.6 is 11.3 Å². The van der Waals surface area contributed by atoms with Gasteiger partial charge in [0.05, 0.1) is 15.1 Å². The van der Waals surface area contributed by atoms with Gasteiger partial charge in [0.2, 0.25) is 10.0 Å². The summed E-state index contributed by atoms with van der Waals surface area (Å²) in [7, 11) is -2.04. The molecule has 0 unspecified atom stereocenters. The fraction of sp³-hybridized carbons (Fsp3) is 0.364. The molecular weight excluding hydrogens is 451 g/mol. The first kappa shape index (κ1) is 22.6. The first-order chi connectivity index (χ1) is 15.2. The van der Waals surface area contributed by atoms with Gasteiger partial charge in [-0.1, -0.05) is 11.3 Å². The number of aromatic nitrogens is 1. The Hall–Kier alpha value is -2.56. The highest BCUT2D eigenvalue weighted by Crippen LogP contribution is 2.30. The normalized spacial score (nSPS) is 15.2. The van der Waals surface area contributed by atoms with E-state index in [0.717, 1.165) is 15.3 Å². The molecular formula is C22H25FN4O3S2. The second-order valence-electron chi connectivity index (χ2n) is 8.03. The predicted molar refractivity (Wildman–Crippen MR) is 124 cm³/mol. The second kappa shape index (κ2) is 8.76. The van der Waals surface area contributed by atoms with Crippen LogP contribution in [0.1, 0.15) is 24.2 Å². The fourth-order valence-corrected chi connectivity index (χ4v) is 5.93. The maximum Gasteiger partial charge on any atom is 0.253 e. The molecule has 1 aliphatic heterocycles. The van der Waals surface area contributed by atoms with Crippen molar-refractivity contribution >= 4 is 42.6 Å².